The summed E-state index contributed by atoms with van der Waals surface area (Å²) in [5.41, 5.74) is 0.906. The van der Waals surface area contributed by atoms with Crippen LogP contribution in [0, 0.1) is 5.92 Å². The van der Waals surface area contributed by atoms with E-state index < -0.39 is 0 Å². The van der Waals surface area contributed by atoms with Gasteiger partial charge >= 0.3 is 0 Å². The first kappa shape index (κ1) is 14.8. The normalized spacial score (nSPS) is 16.0. The second kappa shape index (κ2) is 6.36. The SMILES string of the molecule is Cn1cc(C(=O)NCCC2CCNCC2)c2cc[nH]c2c1=O. The Morgan fingerprint density at radius 1 is 1.41 bits per heavy atom. The molecule has 1 aliphatic heterocycles. The van der Waals surface area contributed by atoms with Gasteiger partial charge in [-0.15, -0.1) is 0 Å². The fraction of sp³-hybridized carbons (Fsp3) is 0.500. The summed E-state index contributed by atoms with van der Waals surface area (Å²) in [7, 11) is 1.66. The molecule has 3 heterocycles. The number of carbonyl (C=O) groups is 1. The monoisotopic (exact) mass is 302 g/mol. The first-order valence-electron chi connectivity index (χ1n) is 7.82. The van der Waals surface area contributed by atoms with E-state index >= 15 is 0 Å². The third-order valence-electron chi connectivity index (χ3n) is 4.44. The number of aromatic nitrogens is 2. The predicted octanol–water partition coefficient (Wildman–Crippen LogP) is 0.986. The number of hydrogen-bond acceptors (Lipinski definition) is 3. The highest BCUT2D eigenvalue weighted by atomic mass is 16.2. The molecule has 0 bridgehead atoms. The van der Waals surface area contributed by atoms with Crippen LogP contribution >= 0.6 is 0 Å². The number of aromatic amines is 1. The van der Waals surface area contributed by atoms with Crippen molar-refractivity contribution in [2.45, 2.75) is 19.3 Å². The number of rotatable bonds is 4. The average molecular weight is 302 g/mol. The van der Waals surface area contributed by atoms with Gasteiger partial charge in [-0.3, -0.25) is 9.59 Å². The molecule has 2 aromatic heterocycles. The third-order valence-corrected chi connectivity index (χ3v) is 4.44. The van der Waals surface area contributed by atoms with Crippen LogP contribution in [0.25, 0.3) is 10.9 Å². The summed E-state index contributed by atoms with van der Waals surface area (Å²) in [5.74, 6) is 0.572. The van der Waals surface area contributed by atoms with E-state index in [1.165, 1.54) is 17.4 Å². The highest BCUT2D eigenvalue weighted by Gasteiger charge is 2.16. The first-order valence-corrected chi connectivity index (χ1v) is 7.82. The maximum absolute atomic E-state index is 12.4. The maximum Gasteiger partial charge on any atom is 0.274 e. The molecular weight excluding hydrogens is 280 g/mol. The Kier molecular flexibility index (Phi) is 4.29. The Morgan fingerprint density at radius 3 is 2.95 bits per heavy atom. The zero-order chi connectivity index (χ0) is 15.5. The lowest BCUT2D eigenvalue weighted by molar-refractivity contribution is 0.0951. The smallest absolute Gasteiger partial charge is 0.274 e. The van der Waals surface area contributed by atoms with Gasteiger partial charge in [0.05, 0.1) is 5.56 Å². The Bertz CT molecular complexity index is 725. The number of aryl methyl sites for hydroxylation is 1. The Balaban J connectivity index is 1.68. The number of H-pyrrole nitrogens is 1. The van der Waals surface area contributed by atoms with Crippen molar-refractivity contribution in [2.24, 2.45) is 13.0 Å². The predicted molar refractivity (Wildman–Crippen MR) is 86.1 cm³/mol. The standard InChI is InChI=1S/C16H22N4O2/c1-20-10-13(12-5-9-18-14(12)16(20)22)15(21)19-8-4-11-2-6-17-7-3-11/h5,9-11,17-18H,2-4,6-8H2,1H3,(H,19,21). The van der Waals surface area contributed by atoms with Gasteiger partial charge in [0.2, 0.25) is 0 Å². The first-order chi connectivity index (χ1) is 10.7. The molecule has 118 valence electrons. The van der Waals surface area contributed by atoms with Gasteiger partial charge in [0.15, 0.2) is 0 Å². The third kappa shape index (κ3) is 2.92. The van der Waals surface area contributed by atoms with E-state index in [9.17, 15) is 9.59 Å². The molecule has 1 aliphatic rings. The van der Waals surface area contributed by atoms with Gasteiger partial charge in [-0.05, 0) is 44.3 Å². The molecule has 0 unspecified atom stereocenters. The lowest BCUT2D eigenvalue weighted by atomic mass is 9.95. The topological polar surface area (TPSA) is 78.9 Å². The fourth-order valence-corrected chi connectivity index (χ4v) is 3.11. The quantitative estimate of drug-likeness (QED) is 0.788. The molecule has 3 rings (SSSR count). The zero-order valence-corrected chi connectivity index (χ0v) is 12.8. The Hall–Kier alpha value is -2.08. The second-order valence-electron chi connectivity index (χ2n) is 5.96. The lowest BCUT2D eigenvalue weighted by Crippen LogP contribution is -2.32. The molecule has 1 fully saturated rings. The molecule has 0 atom stereocenters. The van der Waals surface area contributed by atoms with Crippen LogP contribution in [0.2, 0.25) is 0 Å². The van der Waals surface area contributed by atoms with E-state index in [0.717, 1.165) is 19.5 Å². The molecule has 22 heavy (non-hydrogen) atoms. The van der Waals surface area contributed by atoms with Crippen molar-refractivity contribution in [3.63, 3.8) is 0 Å². The van der Waals surface area contributed by atoms with Gasteiger partial charge in [0, 0.05) is 31.4 Å². The molecule has 2 aromatic rings. The number of fused-ring (bicyclic) bond motifs is 1. The van der Waals surface area contributed by atoms with Crippen molar-refractivity contribution in [3.05, 3.63) is 34.4 Å². The van der Waals surface area contributed by atoms with E-state index in [2.05, 4.69) is 15.6 Å². The fourth-order valence-electron chi connectivity index (χ4n) is 3.11. The average Bonchev–Trinajstić information content (AvgIpc) is 3.01. The van der Waals surface area contributed by atoms with Crippen LogP contribution in [-0.2, 0) is 7.05 Å². The molecule has 6 heteroatoms. The van der Waals surface area contributed by atoms with E-state index in [1.54, 1.807) is 25.5 Å². The Morgan fingerprint density at radius 2 is 2.18 bits per heavy atom. The van der Waals surface area contributed by atoms with Crippen LogP contribution in [0.3, 0.4) is 0 Å². The van der Waals surface area contributed by atoms with Crippen molar-refractivity contribution in [1.29, 1.82) is 0 Å². The van der Waals surface area contributed by atoms with E-state index in [1.807, 2.05) is 0 Å². The summed E-state index contributed by atoms with van der Waals surface area (Å²) < 4.78 is 1.44. The van der Waals surface area contributed by atoms with Gasteiger partial charge in [0.25, 0.3) is 11.5 Å². The molecule has 0 aromatic carbocycles. The number of amides is 1. The van der Waals surface area contributed by atoms with Crippen LogP contribution < -0.4 is 16.2 Å². The van der Waals surface area contributed by atoms with Crippen LogP contribution in [0.15, 0.2) is 23.3 Å². The maximum atomic E-state index is 12.4. The number of carbonyl (C=O) groups excluding carboxylic acids is 1. The van der Waals surface area contributed by atoms with Crippen molar-refractivity contribution in [3.8, 4) is 0 Å². The van der Waals surface area contributed by atoms with Gasteiger partial charge in [0.1, 0.15) is 5.52 Å². The number of piperidine rings is 1. The van der Waals surface area contributed by atoms with Crippen LogP contribution in [-0.4, -0.2) is 35.1 Å². The summed E-state index contributed by atoms with van der Waals surface area (Å²) in [6.45, 7) is 2.82. The van der Waals surface area contributed by atoms with Crippen molar-refractivity contribution >= 4 is 16.8 Å². The van der Waals surface area contributed by atoms with Crippen molar-refractivity contribution in [2.75, 3.05) is 19.6 Å². The van der Waals surface area contributed by atoms with Crippen molar-refractivity contribution < 1.29 is 4.79 Å². The van der Waals surface area contributed by atoms with Gasteiger partial charge in [-0.25, -0.2) is 0 Å². The molecule has 1 amide bonds. The largest absolute Gasteiger partial charge is 0.357 e. The molecular formula is C16H22N4O2. The van der Waals surface area contributed by atoms with E-state index in [-0.39, 0.29) is 11.5 Å². The summed E-state index contributed by atoms with van der Waals surface area (Å²) in [4.78, 5) is 27.3. The molecule has 0 radical (unpaired) electrons. The number of nitrogens with zero attached hydrogens (tertiary/aromatic N) is 1. The molecule has 0 aliphatic carbocycles. The summed E-state index contributed by atoms with van der Waals surface area (Å²) in [6, 6.07) is 1.78. The van der Waals surface area contributed by atoms with Gasteiger partial charge in [-0.1, -0.05) is 0 Å². The highest BCUT2D eigenvalue weighted by molar-refractivity contribution is 6.05. The van der Waals surface area contributed by atoms with Gasteiger partial charge in [-0.2, -0.15) is 0 Å². The highest BCUT2D eigenvalue weighted by Crippen LogP contribution is 2.16. The van der Waals surface area contributed by atoms with Crippen LogP contribution in [0.4, 0.5) is 0 Å². The second-order valence-corrected chi connectivity index (χ2v) is 5.96. The molecule has 1 saturated heterocycles. The molecule has 0 spiro atoms. The van der Waals surface area contributed by atoms with E-state index in [4.69, 9.17) is 0 Å². The number of hydrogen-bond donors (Lipinski definition) is 3. The number of pyridine rings is 1. The van der Waals surface area contributed by atoms with Crippen molar-refractivity contribution in [1.82, 2.24) is 20.2 Å². The van der Waals surface area contributed by atoms with E-state index in [0.29, 0.717) is 28.9 Å². The summed E-state index contributed by atoms with van der Waals surface area (Å²) in [6.07, 6.45) is 6.67. The molecule has 6 nitrogen and oxygen atoms in total. The summed E-state index contributed by atoms with van der Waals surface area (Å²) in [5, 5.41) is 7.01. The van der Waals surface area contributed by atoms with Gasteiger partial charge < -0.3 is 20.2 Å². The molecule has 0 saturated carbocycles. The molecule has 3 N–H and O–H groups in total. The number of nitrogens with one attached hydrogen (secondary N) is 3. The minimum Gasteiger partial charge on any atom is -0.357 e. The van der Waals surface area contributed by atoms with Crippen LogP contribution in [0.1, 0.15) is 29.6 Å². The zero-order valence-electron chi connectivity index (χ0n) is 12.8. The lowest BCUT2D eigenvalue weighted by Gasteiger charge is -2.22. The Labute approximate surface area is 128 Å². The van der Waals surface area contributed by atoms with Crippen LogP contribution in [0.5, 0.6) is 0 Å². The minimum absolute atomic E-state index is 0.117. The minimum atomic E-state index is -0.119. The summed E-state index contributed by atoms with van der Waals surface area (Å²) >= 11 is 0.